The zero-order valence-corrected chi connectivity index (χ0v) is 9.05. The average molecular weight is 233 g/mol. The molecule has 0 aliphatic rings. The Balaban J connectivity index is 2.32. The maximum atomic E-state index is 5.98. The first kappa shape index (κ1) is 9.30. The Kier molecular flexibility index (Phi) is 1.91. The average Bonchev–Trinajstić information content (AvgIpc) is 2.83. The molecule has 0 radical (unpaired) electrons. The van der Waals surface area contributed by atoms with Gasteiger partial charge in [-0.05, 0) is 18.2 Å². The van der Waals surface area contributed by atoms with Gasteiger partial charge in [0.1, 0.15) is 0 Å². The summed E-state index contributed by atoms with van der Waals surface area (Å²) in [5.41, 5.74) is 9.26. The van der Waals surface area contributed by atoms with Crippen LogP contribution in [0, 0.1) is 0 Å². The number of hydrogen-bond donors (Lipinski definition) is 3. The van der Waals surface area contributed by atoms with E-state index in [1.807, 2.05) is 24.4 Å². The molecule has 3 aromatic rings. The number of benzene rings is 1. The van der Waals surface area contributed by atoms with Crippen LogP contribution in [0.4, 0.5) is 5.69 Å². The maximum Gasteiger partial charge on any atom is 0.0901 e. The van der Waals surface area contributed by atoms with E-state index in [0.717, 1.165) is 22.2 Å². The summed E-state index contributed by atoms with van der Waals surface area (Å²) in [6.45, 7) is 0. The van der Waals surface area contributed by atoms with Crippen LogP contribution in [0.3, 0.4) is 0 Å². The summed E-state index contributed by atoms with van der Waals surface area (Å²) in [5, 5.41) is 8.52. The minimum Gasteiger partial charge on any atom is -0.396 e. The molecular weight excluding hydrogens is 224 g/mol. The number of nitrogens with two attached hydrogens (primary N) is 1. The normalized spacial score (nSPS) is 11.1. The number of aromatic nitrogens is 3. The predicted molar refractivity (Wildman–Crippen MR) is 65.3 cm³/mol. The van der Waals surface area contributed by atoms with E-state index in [2.05, 4.69) is 15.2 Å². The molecule has 4 N–H and O–H groups in total. The predicted octanol–water partition coefficient (Wildman–Crippen LogP) is 2.79. The van der Waals surface area contributed by atoms with Crippen LogP contribution in [0.15, 0.2) is 30.6 Å². The number of rotatable bonds is 1. The molecule has 0 saturated heterocycles. The van der Waals surface area contributed by atoms with Crippen LogP contribution in [-0.2, 0) is 0 Å². The lowest BCUT2D eigenvalue weighted by Crippen LogP contribution is -1.85. The van der Waals surface area contributed by atoms with Crippen molar-refractivity contribution in [3.8, 4) is 11.3 Å². The van der Waals surface area contributed by atoms with Crippen molar-refractivity contribution in [2.24, 2.45) is 0 Å². The van der Waals surface area contributed by atoms with Crippen LogP contribution < -0.4 is 5.73 Å². The highest BCUT2D eigenvalue weighted by atomic mass is 35.5. The van der Waals surface area contributed by atoms with Gasteiger partial charge in [-0.3, -0.25) is 5.10 Å². The van der Waals surface area contributed by atoms with Gasteiger partial charge in [0.05, 0.1) is 17.6 Å². The summed E-state index contributed by atoms with van der Waals surface area (Å²) >= 11 is 5.98. The van der Waals surface area contributed by atoms with Gasteiger partial charge < -0.3 is 10.7 Å². The highest BCUT2D eigenvalue weighted by Crippen LogP contribution is 2.31. The molecule has 80 valence electrons. The van der Waals surface area contributed by atoms with Crippen LogP contribution in [-0.4, -0.2) is 15.2 Å². The quantitative estimate of drug-likeness (QED) is 0.604. The number of nitrogens with zero attached hydrogens (tertiary/aromatic N) is 1. The van der Waals surface area contributed by atoms with Crippen molar-refractivity contribution in [3.05, 3.63) is 35.6 Å². The largest absolute Gasteiger partial charge is 0.396 e. The van der Waals surface area contributed by atoms with Gasteiger partial charge in [-0.2, -0.15) is 5.10 Å². The molecule has 2 aromatic heterocycles. The van der Waals surface area contributed by atoms with Crippen molar-refractivity contribution in [3.63, 3.8) is 0 Å². The summed E-state index contributed by atoms with van der Waals surface area (Å²) < 4.78 is 0. The third-order valence-corrected chi connectivity index (χ3v) is 2.82. The van der Waals surface area contributed by atoms with Crippen molar-refractivity contribution >= 4 is 28.2 Å². The zero-order chi connectivity index (χ0) is 11.1. The van der Waals surface area contributed by atoms with E-state index in [1.165, 1.54) is 0 Å². The Morgan fingerprint density at radius 3 is 2.94 bits per heavy atom. The molecule has 0 fully saturated rings. The lowest BCUT2D eigenvalue weighted by molar-refractivity contribution is 1.10. The van der Waals surface area contributed by atoms with Gasteiger partial charge in [-0.1, -0.05) is 11.6 Å². The van der Waals surface area contributed by atoms with Crippen molar-refractivity contribution in [2.75, 3.05) is 5.73 Å². The van der Waals surface area contributed by atoms with E-state index >= 15 is 0 Å². The van der Waals surface area contributed by atoms with Gasteiger partial charge in [-0.25, -0.2) is 0 Å². The van der Waals surface area contributed by atoms with Gasteiger partial charge in [0.25, 0.3) is 0 Å². The van der Waals surface area contributed by atoms with Crippen LogP contribution in [0.25, 0.3) is 22.2 Å². The van der Waals surface area contributed by atoms with E-state index in [-0.39, 0.29) is 0 Å². The number of nitrogens with one attached hydrogen (secondary N) is 2. The highest BCUT2D eigenvalue weighted by molar-refractivity contribution is 6.31. The minimum absolute atomic E-state index is 0.626. The standard InChI is InChI=1S/C11H9ClN4/c12-6-1-2-10-7(3-6)8(4-14-10)11-9(13)5-15-16-11/h1-5,14H,13H2,(H,15,16). The summed E-state index contributed by atoms with van der Waals surface area (Å²) in [6.07, 6.45) is 3.49. The minimum atomic E-state index is 0.626. The fourth-order valence-corrected chi connectivity index (χ4v) is 1.98. The summed E-state index contributed by atoms with van der Waals surface area (Å²) in [5.74, 6) is 0. The smallest absolute Gasteiger partial charge is 0.0901 e. The Morgan fingerprint density at radius 2 is 2.19 bits per heavy atom. The Bertz CT molecular complexity index is 653. The summed E-state index contributed by atoms with van der Waals surface area (Å²) in [7, 11) is 0. The van der Waals surface area contributed by atoms with Gasteiger partial charge >= 0.3 is 0 Å². The second kappa shape index (κ2) is 3.28. The first-order valence-corrected chi connectivity index (χ1v) is 5.19. The highest BCUT2D eigenvalue weighted by Gasteiger charge is 2.10. The summed E-state index contributed by atoms with van der Waals surface area (Å²) in [6, 6.07) is 5.69. The Labute approximate surface area is 96.4 Å². The fourth-order valence-electron chi connectivity index (χ4n) is 1.81. The van der Waals surface area contributed by atoms with Crippen LogP contribution in [0.1, 0.15) is 0 Å². The van der Waals surface area contributed by atoms with Gasteiger partial charge in [0.2, 0.25) is 0 Å². The van der Waals surface area contributed by atoms with Gasteiger partial charge in [0, 0.05) is 27.7 Å². The van der Waals surface area contributed by atoms with Crippen molar-refractivity contribution in [1.82, 2.24) is 15.2 Å². The Morgan fingerprint density at radius 1 is 1.31 bits per heavy atom. The van der Waals surface area contributed by atoms with Crippen molar-refractivity contribution < 1.29 is 0 Å². The zero-order valence-electron chi connectivity index (χ0n) is 8.29. The lowest BCUT2D eigenvalue weighted by atomic mass is 10.1. The van der Waals surface area contributed by atoms with Crippen LogP contribution in [0.2, 0.25) is 5.02 Å². The Hall–Kier alpha value is -1.94. The number of fused-ring (bicyclic) bond motifs is 1. The molecule has 16 heavy (non-hydrogen) atoms. The molecule has 0 unspecified atom stereocenters. The van der Waals surface area contributed by atoms with E-state index < -0.39 is 0 Å². The molecule has 5 heteroatoms. The molecule has 1 aromatic carbocycles. The maximum absolute atomic E-state index is 5.98. The number of halogens is 1. The molecule has 2 heterocycles. The molecule has 0 aliphatic carbocycles. The van der Waals surface area contributed by atoms with Crippen molar-refractivity contribution in [1.29, 1.82) is 0 Å². The number of anilines is 1. The summed E-state index contributed by atoms with van der Waals surface area (Å²) in [4.78, 5) is 3.17. The molecule has 0 spiro atoms. The molecular formula is C11H9ClN4. The van der Waals surface area contributed by atoms with E-state index in [4.69, 9.17) is 17.3 Å². The molecule has 0 saturated carbocycles. The van der Waals surface area contributed by atoms with E-state index in [9.17, 15) is 0 Å². The van der Waals surface area contributed by atoms with Crippen LogP contribution >= 0.6 is 11.6 Å². The van der Waals surface area contributed by atoms with Crippen molar-refractivity contribution in [2.45, 2.75) is 0 Å². The van der Waals surface area contributed by atoms with Gasteiger partial charge in [0.15, 0.2) is 0 Å². The van der Waals surface area contributed by atoms with Gasteiger partial charge in [-0.15, -0.1) is 0 Å². The third-order valence-electron chi connectivity index (χ3n) is 2.58. The number of H-pyrrole nitrogens is 2. The first-order valence-electron chi connectivity index (χ1n) is 4.81. The number of aromatic amines is 2. The monoisotopic (exact) mass is 232 g/mol. The SMILES string of the molecule is Nc1cn[nH]c1-c1c[nH]c2ccc(Cl)cc12. The molecule has 4 nitrogen and oxygen atoms in total. The van der Waals surface area contributed by atoms with E-state index in [1.54, 1.807) is 6.20 Å². The molecule has 0 amide bonds. The number of nitrogen functional groups attached to an aromatic ring is 1. The van der Waals surface area contributed by atoms with E-state index in [0.29, 0.717) is 10.7 Å². The first-order chi connectivity index (χ1) is 7.75. The second-order valence-corrected chi connectivity index (χ2v) is 4.03. The second-order valence-electron chi connectivity index (χ2n) is 3.59. The molecule has 0 aliphatic heterocycles. The third kappa shape index (κ3) is 1.27. The molecule has 3 rings (SSSR count). The molecule has 0 bridgehead atoms. The fraction of sp³-hybridized carbons (Fsp3) is 0. The lowest BCUT2D eigenvalue weighted by Gasteiger charge is -1.97. The molecule has 0 atom stereocenters. The van der Waals surface area contributed by atoms with Crippen LogP contribution in [0.5, 0.6) is 0 Å². The number of hydrogen-bond acceptors (Lipinski definition) is 2. The topological polar surface area (TPSA) is 70.5 Å².